The smallest absolute Gasteiger partial charge is 0.427 e. The maximum atomic E-state index is 11.1. The third-order valence-electron chi connectivity index (χ3n) is 3.49. The molecule has 2 aromatic rings. The van der Waals surface area contributed by atoms with Crippen LogP contribution in [0.25, 0.3) is 11.3 Å². The minimum atomic E-state index is -1.05. The van der Waals surface area contributed by atoms with Crippen LogP contribution in [0.4, 0.5) is 4.79 Å². The Morgan fingerprint density at radius 3 is 2.65 bits per heavy atom. The maximum absolute atomic E-state index is 11.1. The second-order valence-electron chi connectivity index (χ2n) is 5.11. The van der Waals surface area contributed by atoms with Crippen molar-refractivity contribution in [3.63, 3.8) is 0 Å². The Balaban J connectivity index is 2.02. The van der Waals surface area contributed by atoms with E-state index in [1.807, 2.05) is 56.3 Å². The Morgan fingerprint density at radius 1 is 1.35 bits per heavy atom. The number of amides is 1. The van der Waals surface area contributed by atoms with E-state index < -0.39 is 6.09 Å². The number of pyridine rings is 1. The number of aromatic nitrogens is 1. The molecule has 1 aromatic carbocycles. The lowest BCUT2D eigenvalue weighted by atomic mass is 10.1. The van der Waals surface area contributed by atoms with Crippen LogP contribution < -0.4 is 5.53 Å². The van der Waals surface area contributed by atoms with Crippen molar-refractivity contribution >= 4 is 12.3 Å². The molecule has 0 spiro atoms. The van der Waals surface area contributed by atoms with Crippen molar-refractivity contribution in [1.82, 2.24) is 15.5 Å². The van der Waals surface area contributed by atoms with Gasteiger partial charge in [-0.1, -0.05) is 37.3 Å². The zero-order valence-electron chi connectivity index (χ0n) is 13.2. The first kappa shape index (κ1) is 16.5. The molecule has 0 aliphatic carbocycles. The molecular formula is C17H20N4O2. The summed E-state index contributed by atoms with van der Waals surface area (Å²) in [6.07, 6.45) is 2.99. The lowest BCUT2D eigenvalue weighted by molar-refractivity contribution is 0.0973. The van der Waals surface area contributed by atoms with Gasteiger partial charge < -0.3 is 5.11 Å². The quantitative estimate of drug-likeness (QED) is 0.633. The van der Waals surface area contributed by atoms with Crippen molar-refractivity contribution in [3.05, 3.63) is 54.2 Å². The van der Waals surface area contributed by atoms with Gasteiger partial charge in [0.15, 0.2) is 0 Å². The van der Waals surface area contributed by atoms with Gasteiger partial charge in [-0.05, 0) is 31.0 Å². The molecule has 1 amide bonds. The van der Waals surface area contributed by atoms with Crippen LogP contribution in [0, 0.1) is 0 Å². The van der Waals surface area contributed by atoms with Gasteiger partial charge in [0.2, 0.25) is 0 Å². The number of benzene rings is 1. The van der Waals surface area contributed by atoms with Crippen molar-refractivity contribution < 1.29 is 9.90 Å². The topological polar surface area (TPSA) is 77.8 Å². The van der Waals surface area contributed by atoms with Gasteiger partial charge in [0.1, 0.15) is 0 Å². The highest BCUT2D eigenvalue weighted by Crippen LogP contribution is 2.16. The van der Waals surface area contributed by atoms with Crippen molar-refractivity contribution in [3.8, 4) is 11.3 Å². The summed E-state index contributed by atoms with van der Waals surface area (Å²) in [5.41, 5.74) is 5.34. The van der Waals surface area contributed by atoms with E-state index in [9.17, 15) is 4.79 Å². The summed E-state index contributed by atoms with van der Waals surface area (Å²) in [7, 11) is 0. The fourth-order valence-corrected chi connectivity index (χ4v) is 1.95. The van der Waals surface area contributed by atoms with Crippen LogP contribution in [-0.4, -0.2) is 33.4 Å². The fourth-order valence-electron chi connectivity index (χ4n) is 1.95. The second-order valence-corrected chi connectivity index (χ2v) is 5.11. The minimum Gasteiger partial charge on any atom is -0.464 e. The van der Waals surface area contributed by atoms with E-state index in [1.165, 1.54) is 0 Å². The molecule has 0 fully saturated rings. The highest BCUT2D eigenvalue weighted by Gasteiger charge is 2.16. The highest BCUT2D eigenvalue weighted by molar-refractivity contribution is 5.80. The van der Waals surface area contributed by atoms with Crippen molar-refractivity contribution in [2.45, 2.75) is 26.3 Å². The molecule has 0 bridgehead atoms. The number of hydrogen-bond donors (Lipinski definition) is 2. The molecule has 0 radical (unpaired) electrons. The van der Waals surface area contributed by atoms with E-state index in [0.717, 1.165) is 21.8 Å². The van der Waals surface area contributed by atoms with E-state index in [1.54, 1.807) is 12.4 Å². The van der Waals surface area contributed by atoms with Crippen LogP contribution in [0.15, 0.2) is 53.8 Å². The molecule has 0 saturated heterocycles. The normalized spacial score (nSPS) is 12.1. The third kappa shape index (κ3) is 4.54. The monoisotopic (exact) mass is 312 g/mol. The molecule has 1 unspecified atom stereocenters. The predicted molar refractivity (Wildman–Crippen MR) is 90.0 cm³/mol. The Labute approximate surface area is 135 Å². The summed E-state index contributed by atoms with van der Waals surface area (Å²) in [6.45, 7) is 3.74. The number of nitrogens with zero attached hydrogens (tertiary/aromatic N) is 3. The summed E-state index contributed by atoms with van der Waals surface area (Å²) in [6, 6.07) is 13.3. The number of nitrogens with one attached hydrogen (secondary N) is 1. The van der Waals surface area contributed by atoms with Crippen LogP contribution >= 0.6 is 0 Å². The van der Waals surface area contributed by atoms with E-state index >= 15 is 0 Å². The summed E-state index contributed by atoms with van der Waals surface area (Å²) in [5, 5.41) is 14.2. The molecule has 1 atom stereocenters. The van der Waals surface area contributed by atoms with Crippen LogP contribution in [0.3, 0.4) is 0 Å². The predicted octanol–water partition coefficient (Wildman–Crippen LogP) is 3.37. The van der Waals surface area contributed by atoms with Crippen LogP contribution in [0.1, 0.15) is 25.8 Å². The Bertz CT molecular complexity index is 656. The van der Waals surface area contributed by atoms with Crippen molar-refractivity contribution in [2.24, 2.45) is 5.10 Å². The van der Waals surface area contributed by atoms with Gasteiger partial charge >= 0.3 is 6.09 Å². The Morgan fingerprint density at radius 2 is 2.09 bits per heavy atom. The SMILES string of the molecule is CCC(C)N(N/N=C/c1ccc(-c2ccccn2)cc1)C(=O)O. The molecule has 6 heteroatoms. The van der Waals surface area contributed by atoms with E-state index in [2.05, 4.69) is 15.6 Å². The third-order valence-corrected chi connectivity index (χ3v) is 3.49. The van der Waals surface area contributed by atoms with Crippen LogP contribution in [-0.2, 0) is 0 Å². The first-order valence-corrected chi connectivity index (χ1v) is 7.44. The van der Waals surface area contributed by atoms with Gasteiger partial charge in [-0.2, -0.15) is 5.10 Å². The number of hydrazone groups is 1. The molecule has 0 aliphatic rings. The van der Waals surface area contributed by atoms with Crippen molar-refractivity contribution in [2.75, 3.05) is 0 Å². The van der Waals surface area contributed by atoms with E-state index in [-0.39, 0.29) is 6.04 Å². The molecule has 2 N–H and O–H groups in total. The highest BCUT2D eigenvalue weighted by atomic mass is 16.4. The first-order valence-electron chi connectivity index (χ1n) is 7.44. The average Bonchev–Trinajstić information content (AvgIpc) is 2.59. The number of rotatable bonds is 6. The molecule has 1 heterocycles. The average molecular weight is 312 g/mol. The summed E-state index contributed by atoms with van der Waals surface area (Å²) in [5.74, 6) is 0. The lowest BCUT2D eigenvalue weighted by Crippen LogP contribution is -2.45. The van der Waals surface area contributed by atoms with Gasteiger partial charge in [-0.15, -0.1) is 0 Å². The first-order chi connectivity index (χ1) is 11.1. The number of hydrogen-bond acceptors (Lipinski definition) is 4. The molecule has 0 aliphatic heterocycles. The van der Waals surface area contributed by atoms with Gasteiger partial charge in [0.25, 0.3) is 0 Å². The summed E-state index contributed by atoms with van der Waals surface area (Å²) >= 11 is 0. The lowest BCUT2D eigenvalue weighted by Gasteiger charge is -2.23. The number of carboxylic acid groups (broad SMARTS) is 1. The molecule has 23 heavy (non-hydrogen) atoms. The summed E-state index contributed by atoms with van der Waals surface area (Å²) in [4.78, 5) is 15.4. The van der Waals surface area contributed by atoms with E-state index in [4.69, 9.17) is 5.11 Å². The van der Waals surface area contributed by atoms with Gasteiger partial charge in [-0.25, -0.2) is 15.3 Å². The molecule has 2 rings (SSSR count). The second kappa shape index (κ2) is 7.93. The molecule has 120 valence electrons. The number of hydrazine groups is 1. The largest absolute Gasteiger partial charge is 0.464 e. The zero-order valence-corrected chi connectivity index (χ0v) is 13.2. The minimum absolute atomic E-state index is 0.156. The van der Waals surface area contributed by atoms with Gasteiger partial charge in [0.05, 0.1) is 18.0 Å². The standard InChI is InChI=1S/C17H20N4O2/c1-3-13(2)21(17(22)23)20-19-12-14-7-9-15(10-8-14)16-6-4-5-11-18-16/h4-13,20H,3H2,1-2H3,(H,22,23)/b19-12+. The Kier molecular flexibility index (Phi) is 5.68. The molecule has 6 nitrogen and oxygen atoms in total. The van der Waals surface area contributed by atoms with Crippen molar-refractivity contribution in [1.29, 1.82) is 0 Å². The molecule has 1 aromatic heterocycles. The van der Waals surface area contributed by atoms with Gasteiger partial charge in [0, 0.05) is 11.8 Å². The maximum Gasteiger partial charge on any atom is 0.427 e. The summed E-state index contributed by atoms with van der Waals surface area (Å²) < 4.78 is 0. The van der Waals surface area contributed by atoms with Gasteiger partial charge in [-0.3, -0.25) is 4.98 Å². The number of carbonyl (C=O) groups is 1. The molecule has 0 saturated carbocycles. The Hall–Kier alpha value is -2.89. The van der Waals surface area contributed by atoms with E-state index in [0.29, 0.717) is 6.42 Å². The van der Waals surface area contributed by atoms with Crippen LogP contribution in [0.5, 0.6) is 0 Å². The zero-order chi connectivity index (χ0) is 16.7. The van der Waals surface area contributed by atoms with Crippen LogP contribution in [0.2, 0.25) is 0 Å². The molecular weight excluding hydrogens is 292 g/mol. The fraction of sp³-hybridized carbons (Fsp3) is 0.235.